The van der Waals surface area contributed by atoms with Crippen LogP contribution in [0.2, 0.25) is 0 Å². The second-order valence-corrected chi connectivity index (χ2v) is 11.7. The summed E-state index contributed by atoms with van der Waals surface area (Å²) in [4.78, 5) is 22.1. The molecular formula is C24H28N4O4S2. The van der Waals surface area contributed by atoms with Crippen LogP contribution in [0.5, 0.6) is 0 Å². The number of fused-ring (bicyclic) bond motifs is 1. The molecule has 0 aliphatic carbocycles. The first-order valence-electron chi connectivity index (χ1n) is 11.4. The fourth-order valence-electron chi connectivity index (χ4n) is 4.29. The average Bonchev–Trinajstić information content (AvgIpc) is 3.27. The van der Waals surface area contributed by atoms with Crippen molar-refractivity contribution < 1.29 is 17.9 Å². The van der Waals surface area contributed by atoms with E-state index < -0.39 is 10.0 Å². The van der Waals surface area contributed by atoms with Crippen molar-refractivity contribution in [1.82, 2.24) is 14.2 Å². The van der Waals surface area contributed by atoms with E-state index in [0.29, 0.717) is 58.0 Å². The van der Waals surface area contributed by atoms with Crippen LogP contribution in [0, 0.1) is 13.8 Å². The molecule has 5 rings (SSSR count). The summed E-state index contributed by atoms with van der Waals surface area (Å²) in [6.45, 7) is 8.34. The minimum absolute atomic E-state index is 0.0782. The van der Waals surface area contributed by atoms with Gasteiger partial charge >= 0.3 is 0 Å². The third kappa shape index (κ3) is 4.43. The molecule has 8 nitrogen and oxygen atoms in total. The number of piperazine rings is 1. The number of anilines is 1. The van der Waals surface area contributed by atoms with Crippen LogP contribution in [0.15, 0.2) is 41.3 Å². The topological polar surface area (TPSA) is 83.1 Å². The number of aryl methyl sites for hydroxylation is 2. The van der Waals surface area contributed by atoms with E-state index in [9.17, 15) is 13.2 Å². The Morgan fingerprint density at radius 2 is 1.59 bits per heavy atom. The summed E-state index contributed by atoms with van der Waals surface area (Å²) in [6.07, 6.45) is 0. The fraction of sp³-hybridized carbons (Fsp3) is 0.417. The van der Waals surface area contributed by atoms with Crippen molar-refractivity contribution in [3.8, 4) is 0 Å². The minimum atomic E-state index is -3.57. The number of carbonyl (C=O) groups excluding carboxylic acids is 1. The smallest absolute Gasteiger partial charge is 0.253 e. The highest BCUT2D eigenvalue weighted by atomic mass is 32.2. The number of hydrogen-bond donors (Lipinski definition) is 0. The lowest BCUT2D eigenvalue weighted by molar-refractivity contribution is 0.0730. The zero-order chi connectivity index (χ0) is 23.9. The summed E-state index contributed by atoms with van der Waals surface area (Å²) in [5.41, 5.74) is 4.03. The summed E-state index contributed by atoms with van der Waals surface area (Å²) < 4.78 is 33.5. The maximum absolute atomic E-state index is 13.0. The Balaban J connectivity index is 1.23. The van der Waals surface area contributed by atoms with E-state index in [1.54, 1.807) is 23.5 Å². The van der Waals surface area contributed by atoms with Crippen LogP contribution >= 0.6 is 11.3 Å². The average molecular weight is 501 g/mol. The standard InChI is InChI=1S/C24H28N4O4S2/c1-17-15-21-22(16-18(17)2)33-24(25-21)27-9-7-26(8-10-27)23(29)19-3-5-20(6-4-19)34(30,31)28-11-13-32-14-12-28/h3-6,15-16H,7-14H2,1-2H3. The Labute approximate surface area is 203 Å². The van der Waals surface area contributed by atoms with Gasteiger partial charge in [0.2, 0.25) is 10.0 Å². The van der Waals surface area contributed by atoms with E-state index in [1.165, 1.54) is 32.3 Å². The summed E-state index contributed by atoms with van der Waals surface area (Å²) in [6, 6.07) is 10.6. The number of morpholine rings is 1. The predicted octanol–water partition coefficient (Wildman–Crippen LogP) is 2.90. The number of aromatic nitrogens is 1. The number of amides is 1. The second kappa shape index (κ2) is 9.26. The van der Waals surface area contributed by atoms with Gasteiger partial charge in [-0.05, 0) is 61.4 Å². The number of nitrogens with zero attached hydrogens (tertiary/aromatic N) is 4. The van der Waals surface area contributed by atoms with E-state index in [-0.39, 0.29) is 10.8 Å². The molecule has 2 fully saturated rings. The van der Waals surface area contributed by atoms with Crippen LogP contribution in [0.25, 0.3) is 10.2 Å². The van der Waals surface area contributed by atoms with Crippen molar-refractivity contribution in [2.24, 2.45) is 0 Å². The highest BCUT2D eigenvalue weighted by Crippen LogP contribution is 2.31. The molecule has 0 unspecified atom stereocenters. The van der Waals surface area contributed by atoms with E-state index in [1.807, 2.05) is 4.90 Å². The third-order valence-electron chi connectivity index (χ3n) is 6.54. The third-order valence-corrected chi connectivity index (χ3v) is 9.53. The van der Waals surface area contributed by atoms with Gasteiger partial charge in [0.25, 0.3) is 5.91 Å². The van der Waals surface area contributed by atoms with Crippen molar-refractivity contribution >= 4 is 42.6 Å². The Morgan fingerprint density at radius 1 is 0.941 bits per heavy atom. The Morgan fingerprint density at radius 3 is 2.26 bits per heavy atom. The van der Waals surface area contributed by atoms with Gasteiger partial charge in [0, 0.05) is 44.8 Å². The number of rotatable bonds is 4. The lowest BCUT2D eigenvalue weighted by Crippen LogP contribution is -2.48. The van der Waals surface area contributed by atoms with Gasteiger partial charge in [-0.2, -0.15) is 4.31 Å². The molecular weight excluding hydrogens is 472 g/mol. The van der Waals surface area contributed by atoms with Gasteiger partial charge in [-0.25, -0.2) is 13.4 Å². The molecule has 3 heterocycles. The van der Waals surface area contributed by atoms with Gasteiger partial charge in [0.15, 0.2) is 5.13 Å². The van der Waals surface area contributed by atoms with Crippen molar-refractivity contribution in [2.75, 3.05) is 57.4 Å². The Kier molecular flexibility index (Phi) is 6.32. The first kappa shape index (κ1) is 23.2. The van der Waals surface area contributed by atoms with Crippen molar-refractivity contribution in [1.29, 1.82) is 0 Å². The lowest BCUT2D eigenvalue weighted by Gasteiger charge is -2.34. The van der Waals surface area contributed by atoms with Gasteiger partial charge in [-0.1, -0.05) is 11.3 Å². The van der Waals surface area contributed by atoms with Crippen molar-refractivity contribution in [3.05, 3.63) is 53.1 Å². The molecule has 2 aromatic carbocycles. The molecule has 0 N–H and O–H groups in total. The zero-order valence-electron chi connectivity index (χ0n) is 19.4. The van der Waals surface area contributed by atoms with Crippen LogP contribution in [-0.2, 0) is 14.8 Å². The molecule has 1 amide bonds. The molecule has 1 aromatic heterocycles. The number of hydrogen-bond acceptors (Lipinski definition) is 7. The van der Waals surface area contributed by atoms with Crippen molar-refractivity contribution in [3.63, 3.8) is 0 Å². The first-order chi connectivity index (χ1) is 16.3. The molecule has 2 aliphatic heterocycles. The molecule has 0 atom stereocenters. The van der Waals surface area contributed by atoms with Crippen LogP contribution in [0.4, 0.5) is 5.13 Å². The molecule has 0 radical (unpaired) electrons. The van der Waals surface area contributed by atoms with Gasteiger partial charge in [-0.3, -0.25) is 4.79 Å². The summed E-state index contributed by atoms with van der Waals surface area (Å²) >= 11 is 1.69. The van der Waals surface area contributed by atoms with Crippen molar-refractivity contribution in [2.45, 2.75) is 18.7 Å². The molecule has 34 heavy (non-hydrogen) atoms. The Bertz CT molecular complexity index is 1270. The normalized spacial score (nSPS) is 17.9. The number of sulfonamides is 1. The first-order valence-corrected chi connectivity index (χ1v) is 13.7. The maximum atomic E-state index is 13.0. The number of ether oxygens (including phenoxy) is 1. The molecule has 2 aliphatic rings. The molecule has 3 aromatic rings. The minimum Gasteiger partial charge on any atom is -0.379 e. The molecule has 0 spiro atoms. The van der Waals surface area contributed by atoms with E-state index >= 15 is 0 Å². The molecule has 10 heteroatoms. The van der Waals surface area contributed by atoms with E-state index in [4.69, 9.17) is 9.72 Å². The van der Waals surface area contributed by atoms with Crippen LogP contribution in [-0.4, -0.2) is 81.0 Å². The highest BCUT2D eigenvalue weighted by molar-refractivity contribution is 7.89. The molecule has 0 saturated carbocycles. The number of carbonyl (C=O) groups is 1. The van der Waals surface area contributed by atoms with E-state index in [2.05, 4.69) is 30.9 Å². The maximum Gasteiger partial charge on any atom is 0.253 e. The largest absolute Gasteiger partial charge is 0.379 e. The van der Waals surface area contributed by atoms with E-state index in [0.717, 1.165) is 10.6 Å². The SMILES string of the molecule is Cc1cc2nc(N3CCN(C(=O)c4ccc(S(=O)(=O)N5CCOCC5)cc4)CC3)sc2cc1C. The second-order valence-electron chi connectivity index (χ2n) is 8.72. The summed E-state index contributed by atoms with van der Waals surface area (Å²) in [7, 11) is -3.57. The monoisotopic (exact) mass is 500 g/mol. The van der Waals surface area contributed by atoms with Gasteiger partial charge in [0.1, 0.15) is 0 Å². The number of thiazole rings is 1. The van der Waals surface area contributed by atoms with Crippen LogP contribution < -0.4 is 4.90 Å². The number of benzene rings is 2. The Hall–Kier alpha value is -2.53. The molecule has 0 bridgehead atoms. The van der Waals surface area contributed by atoms with Crippen LogP contribution in [0.1, 0.15) is 21.5 Å². The quantitative estimate of drug-likeness (QED) is 0.548. The molecule has 2 saturated heterocycles. The highest BCUT2D eigenvalue weighted by Gasteiger charge is 2.28. The summed E-state index contributed by atoms with van der Waals surface area (Å²) in [5.74, 6) is -0.0782. The van der Waals surface area contributed by atoms with Gasteiger partial charge in [0.05, 0.1) is 28.3 Å². The van der Waals surface area contributed by atoms with Gasteiger partial charge in [-0.15, -0.1) is 0 Å². The van der Waals surface area contributed by atoms with Gasteiger partial charge < -0.3 is 14.5 Å². The van der Waals surface area contributed by atoms with Crippen LogP contribution in [0.3, 0.4) is 0 Å². The fourth-order valence-corrected chi connectivity index (χ4v) is 6.80. The predicted molar refractivity (Wildman–Crippen MR) is 133 cm³/mol. The lowest BCUT2D eigenvalue weighted by atomic mass is 10.1. The zero-order valence-corrected chi connectivity index (χ0v) is 21.0. The molecule has 180 valence electrons. The summed E-state index contributed by atoms with van der Waals surface area (Å²) in [5, 5.41) is 0.991.